The summed E-state index contributed by atoms with van der Waals surface area (Å²) >= 11 is 0. The number of carbonyl (C=O) groups is 1. The molecule has 0 saturated carbocycles. The van der Waals surface area contributed by atoms with E-state index in [1.165, 1.54) is 53.9 Å². The number of alkyl halides is 3. The minimum absolute atomic E-state index is 0.0189. The van der Waals surface area contributed by atoms with Crippen molar-refractivity contribution in [2.75, 3.05) is 26.2 Å². The maximum Gasteiger partial charge on any atom is 0.416 e. The molecule has 5 rings (SSSR count). The number of benzene rings is 2. The van der Waals surface area contributed by atoms with Gasteiger partial charge in [-0.1, -0.05) is 44.0 Å². The molecular weight excluding hydrogens is 563 g/mol. The van der Waals surface area contributed by atoms with E-state index in [2.05, 4.69) is 35.3 Å². The van der Waals surface area contributed by atoms with Gasteiger partial charge in [0.05, 0.1) is 16.5 Å². The molecule has 2 heterocycles. The van der Waals surface area contributed by atoms with Gasteiger partial charge in [-0.05, 0) is 98.8 Å². The molecule has 3 aliphatic rings. The zero-order chi connectivity index (χ0) is 29.9. The summed E-state index contributed by atoms with van der Waals surface area (Å²) in [5.41, 5.74) is 2.71. The Morgan fingerprint density at radius 1 is 0.976 bits per heavy atom. The molecule has 1 unspecified atom stereocenters. The number of piperidine rings is 2. The van der Waals surface area contributed by atoms with Gasteiger partial charge in [-0.25, -0.2) is 8.42 Å². The second kappa shape index (κ2) is 13.1. The Kier molecular flexibility index (Phi) is 9.64. The van der Waals surface area contributed by atoms with Crippen LogP contribution in [0.2, 0.25) is 0 Å². The SMILES string of the molecule is CC(CN1CCCCC1)c1ccc2c(c1)CCC[C@H]2NC(=O)C[C@H]1CCCCN1S(=O)(=O)c1cccc(C(F)(F)F)c1. The van der Waals surface area contributed by atoms with E-state index in [9.17, 15) is 26.4 Å². The Balaban J connectivity index is 1.25. The van der Waals surface area contributed by atoms with Gasteiger partial charge in [0.2, 0.25) is 15.9 Å². The Hall–Kier alpha value is -2.43. The van der Waals surface area contributed by atoms with E-state index < -0.39 is 32.7 Å². The first-order chi connectivity index (χ1) is 20.0. The summed E-state index contributed by atoms with van der Waals surface area (Å²) in [6.45, 7) is 5.86. The zero-order valence-corrected chi connectivity index (χ0v) is 25.2. The van der Waals surface area contributed by atoms with Gasteiger partial charge in [-0.15, -0.1) is 0 Å². The fourth-order valence-corrected chi connectivity index (χ4v) is 8.59. The molecule has 0 bridgehead atoms. The zero-order valence-electron chi connectivity index (χ0n) is 24.3. The molecule has 2 aliphatic heterocycles. The normalized spacial score (nSPS) is 23.2. The summed E-state index contributed by atoms with van der Waals surface area (Å²) < 4.78 is 67.9. The molecule has 2 fully saturated rings. The minimum Gasteiger partial charge on any atom is -0.349 e. The Bertz CT molecular complexity index is 1360. The van der Waals surface area contributed by atoms with Crippen molar-refractivity contribution in [1.29, 1.82) is 0 Å². The van der Waals surface area contributed by atoms with E-state index in [4.69, 9.17) is 0 Å². The van der Waals surface area contributed by atoms with Gasteiger partial charge in [0.1, 0.15) is 0 Å². The highest BCUT2D eigenvalue weighted by Crippen LogP contribution is 2.35. The van der Waals surface area contributed by atoms with Crippen LogP contribution in [-0.2, 0) is 27.4 Å². The fourth-order valence-electron chi connectivity index (χ4n) is 6.86. The lowest BCUT2D eigenvalue weighted by Gasteiger charge is -2.35. The third kappa shape index (κ3) is 7.19. The molecule has 1 N–H and O–H groups in total. The topological polar surface area (TPSA) is 69.7 Å². The Labute approximate surface area is 247 Å². The highest BCUT2D eigenvalue weighted by molar-refractivity contribution is 7.89. The van der Waals surface area contributed by atoms with Gasteiger partial charge in [-0.2, -0.15) is 17.5 Å². The number of likely N-dealkylation sites (tertiary alicyclic amines) is 1. The van der Waals surface area contributed by atoms with Crippen LogP contribution in [0.4, 0.5) is 13.2 Å². The van der Waals surface area contributed by atoms with Crippen molar-refractivity contribution in [3.63, 3.8) is 0 Å². The highest BCUT2D eigenvalue weighted by Gasteiger charge is 2.37. The third-order valence-corrected chi connectivity index (χ3v) is 11.1. The number of hydrogen-bond donors (Lipinski definition) is 1. The number of amides is 1. The standard InChI is InChI=1S/C32H42F3N3O3S/c1-23(22-37-16-4-2-5-17-37)24-14-15-29-25(19-24)9-7-13-30(29)36-31(39)21-27-11-3-6-18-38(27)42(40,41)28-12-8-10-26(20-28)32(33,34)35/h8,10,12,14-15,19-20,23,27,30H,2-7,9,11,13,16-18,21-22H2,1H3,(H,36,39)/t23?,27-,30-/m1/s1. The first kappa shape index (κ1) is 31.0. The maximum absolute atomic E-state index is 13.4. The van der Waals surface area contributed by atoms with Crippen molar-refractivity contribution in [2.45, 2.75) is 100 Å². The van der Waals surface area contributed by atoms with Crippen LogP contribution in [0.25, 0.3) is 0 Å². The predicted molar refractivity (Wildman–Crippen MR) is 157 cm³/mol. The average Bonchev–Trinajstić information content (AvgIpc) is 2.97. The van der Waals surface area contributed by atoms with Gasteiger partial charge < -0.3 is 10.2 Å². The fraction of sp³-hybridized carbons (Fsp3) is 0.594. The number of aryl methyl sites for hydroxylation is 1. The summed E-state index contributed by atoms with van der Waals surface area (Å²) in [5, 5.41) is 3.16. The van der Waals surface area contributed by atoms with E-state index in [-0.39, 0.29) is 24.9 Å². The van der Waals surface area contributed by atoms with Crippen LogP contribution in [0.3, 0.4) is 0 Å². The number of hydrogen-bond acceptors (Lipinski definition) is 4. The molecule has 2 aromatic rings. The van der Waals surface area contributed by atoms with Gasteiger partial charge in [0.15, 0.2) is 0 Å². The largest absolute Gasteiger partial charge is 0.416 e. The van der Waals surface area contributed by atoms with Crippen molar-refractivity contribution < 1.29 is 26.4 Å². The monoisotopic (exact) mass is 605 g/mol. The van der Waals surface area contributed by atoms with Crippen LogP contribution in [-0.4, -0.2) is 55.8 Å². The van der Waals surface area contributed by atoms with Crippen molar-refractivity contribution in [3.05, 3.63) is 64.7 Å². The predicted octanol–water partition coefficient (Wildman–Crippen LogP) is 6.42. The van der Waals surface area contributed by atoms with E-state index >= 15 is 0 Å². The van der Waals surface area contributed by atoms with E-state index in [1.807, 2.05) is 0 Å². The first-order valence-electron chi connectivity index (χ1n) is 15.4. The number of nitrogens with zero attached hydrogens (tertiary/aromatic N) is 2. The molecule has 6 nitrogen and oxygen atoms in total. The van der Waals surface area contributed by atoms with Crippen molar-refractivity contribution >= 4 is 15.9 Å². The van der Waals surface area contributed by atoms with E-state index in [1.54, 1.807) is 0 Å². The number of sulfonamides is 1. The molecule has 2 aromatic carbocycles. The van der Waals surface area contributed by atoms with Gasteiger partial charge in [-0.3, -0.25) is 4.79 Å². The lowest BCUT2D eigenvalue weighted by atomic mass is 9.84. The Morgan fingerprint density at radius 3 is 2.50 bits per heavy atom. The van der Waals surface area contributed by atoms with Crippen molar-refractivity contribution in [1.82, 2.24) is 14.5 Å². The maximum atomic E-state index is 13.4. The summed E-state index contributed by atoms with van der Waals surface area (Å²) in [5.74, 6) is 0.200. The summed E-state index contributed by atoms with van der Waals surface area (Å²) in [6, 6.07) is 9.74. The van der Waals surface area contributed by atoms with Gasteiger partial charge in [0.25, 0.3) is 0 Å². The highest BCUT2D eigenvalue weighted by atomic mass is 32.2. The van der Waals surface area contributed by atoms with Crippen molar-refractivity contribution in [2.24, 2.45) is 0 Å². The molecule has 0 radical (unpaired) electrons. The van der Waals surface area contributed by atoms with Crippen LogP contribution >= 0.6 is 0 Å². The first-order valence-corrected chi connectivity index (χ1v) is 16.8. The average molecular weight is 606 g/mol. The number of carbonyl (C=O) groups excluding carboxylic acids is 1. The van der Waals surface area contributed by atoms with Crippen LogP contribution in [0.5, 0.6) is 0 Å². The molecule has 1 amide bonds. The molecular formula is C32H42F3N3O3S. The smallest absolute Gasteiger partial charge is 0.349 e. The lowest BCUT2D eigenvalue weighted by molar-refractivity contribution is -0.137. The molecule has 0 aromatic heterocycles. The number of fused-ring (bicyclic) bond motifs is 1. The summed E-state index contributed by atoms with van der Waals surface area (Å²) in [7, 11) is -4.20. The van der Waals surface area contributed by atoms with E-state index in [0.29, 0.717) is 24.8 Å². The molecule has 42 heavy (non-hydrogen) atoms. The Morgan fingerprint density at radius 2 is 1.74 bits per heavy atom. The second-order valence-corrected chi connectivity index (χ2v) is 14.1. The number of rotatable bonds is 8. The number of halogens is 3. The van der Waals surface area contributed by atoms with Crippen LogP contribution in [0.1, 0.15) is 98.9 Å². The molecule has 2 saturated heterocycles. The van der Waals surface area contributed by atoms with E-state index in [0.717, 1.165) is 49.9 Å². The van der Waals surface area contributed by atoms with Crippen LogP contribution < -0.4 is 5.32 Å². The van der Waals surface area contributed by atoms with Gasteiger partial charge >= 0.3 is 6.18 Å². The van der Waals surface area contributed by atoms with Crippen LogP contribution in [0, 0.1) is 0 Å². The molecule has 3 atom stereocenters. The number of nitrogens with one attached hydrogen (secondary N) is 1. The molecule has 1 aliphatic carbocycles. The minimum atomic E-state index is -4.64. The van der Waals surface area contributed by atoms with Crippen molar-refractivity contribution in [3.8, 4) is 0 Å². The summed E-state index contributed by atoms with van der Waals surface area (Å²) in [6.07, 6.45) is 3.80. The lowest BCUT2D eigenvalue weighted by Crippen LogP contribution is -2.46. The summed E-state index contributed by atoms with van der Waals surface area (Å²) in [4.78, 5) is 15.5. The second-order valence-electron chi connectivity index (χ2n) is 12.2. The quantitative estimate of drug-likeness (QED) is 0.377. The van der Waals surface area contributed by atoms with Crippen LogP contribution in [0.15, 0.2) is 47.4 Å². The van der Waals surface area contributed by atoms with Gasteiger partial charge in [0, 0.05) is 25.6 Å². The molecule has 230 valence electrons. The third-order valence-electron chi connectivity index (χ3n) is 9.13. The molecule has 0 spiro atoms. The molecule has 10 heteroatoms.